The summed E-state index contributed by atoms with van der Waals surface area (Å²) in [6, 6.07) is 5.68. The molecule has 4 heteroatoms. The zero-order valence-corrected chi connectivity index (χ0v) is 13.6. The van der Waals surface area contributed by atoms with E-state index in [9.17, 15) is 4.39 Å². The maximum atomic E-state index is 13.1. The Balaban J connectivity index is 2.49. The second-order valence-corrected chi connectivity index (χ2v) is 6.80. The van der Waals surface area contributed by atoms with Crippen LogP contribution in [0.15, 0.2) is 22.7 Å². The molecule has 0 aliphatic rings. The van der Waals surface area contributed by atoms with Crippen LogP contribution in [0.1, 0.15) is 19.4 Å². The number of benzene rings is 1. The van der Waals surface area contributed by atoms with E-state index in [2.05, 4.69) is 35.1 Å². The molecule has 1 aromatic rings. The lowest BCUT2D eigenvalue weighted by molar-refractivity contribution is 0.605. The zero-order chi connectivity index (χ0) is 13.5. The highest BCUT2D eigenvalue weighted by atomic mass is 79.9. The van der Waals surface area contributed by atoms with Crippen molar-refractivity contribution < 1.29 is 4.39 Å². The van der Waals surface area contributed by atoms with Gasteiger partial charge in [0.1, 0.15) is 5.82 Å². The van der Waals surface area contributed by atoms with Gasteiger partial charge in [0, 0.05) is 11.8 Å². The van der Waals surface area contributed by atoms with Crippen LogP contribution in [-0.4, -0.2) is 24.6 Å². The third-order valence-electron chi connectivity index (χ3n) is 2.64. The van der Waals surface area contributed by atoms with E-state index in [0.717, 1.165) is 23.7 Å². The Morgan fingerprint density at radius 3 is 2.61 bits per heavy atom. The number of rotatable bonds is 7. The molecule has 102 valence electrons. The summed E-state index contributed by atoms with van der Waals surface area (Å²) in [6.07, 6.45) is 0.931. The Labute approximate surface area is 122 Å². The summed E-state index contributed by atoms with van der Waals surface area (Å²) in [5.74, 6) is 2.80. The molecule has 0 heterocycles. The lowest BCUT2D eigenvalue weighted by atomic mass is 10.1. The molecule has 0 fully saturated rings. The van der Waals surface area contributed by atoms with Crippen LogP contribution in [0.5, 0.6) is 0 Å². The number of nitrogens with one attached hydrogen (secondary N) is 1. The van der Waals surface area contributed by atoms with Crippen LogP contribution in [0.3, 0.4) is 0 Å². The number of thioether (sulfide) groups is 1. The molecule has 1 rings (SSSR count). The molecule has 1 nitrogen and oxygen atoms in total. The maximum Gasteiger partial charge on any atom is 0.137 e. The summed E-state index contributed by atoms with van der Waals surface area (Å²) < 4.78 is 13.7. The van der Waals surface area contributed by atoms with Gasteiger partial charge < -0.3 is 5.32 Å². The summed E-state index contributed by atoms with van der Waals surface area (Å²) in [7, 11) is 1.99. The van der Waals surface area contributed by atoms with Crippen molar-refractivity contribution >= 4 is 27.7 Å². The molecule has 1 atom stereocenters. The molecular formula is C14H21BrFNS. The van der Waals surface area contributed by atoms with Crippen LogP contribution in [0.2, 0.25) is 0 Å². The highest BCUT2D eigenvalue weighted by Gasteiger charge is 2.09. The van der Waals surface area contributed by atoms with Gasteiger partial charge in [-0.2, -0.15) is 11.8 Å². The van der Waals surface area contributed by atoms with E-state index in [1.807, 2.05) is 30.9 Å². The van der Waals surface area contributed by atoms with Crippen molar-refractivity contribution in [3.63, 3.8) is 0 Å². The number of halogens is 2. The first-order chi connectivity index (χ1) is 8.52. The molecule has 0 aromatic heterocycles. The van der Waals surface area contributed by atoms with Crippen molar-refractivity contribution in [3.8, 4) is 0 Å². The lowest BCUT2D eigenvalue weighted by Crippen LogP contribution is -2.30. The summed E-state index contributed by atoms with van der Waals surface area (Å²) in [5, 5.41) is 3.33. The second kappa shape index (κ2) is 8.18. The van der Waals surface area contributed by atoms with Gasteiger partial charge in [-0.25, -0.2) is 4.39 Å². The first kappa shape index (κ1) is 16.0. The van der Waals surface area contributed by atoms with Crippen LogP contribution in [0, 0.1) is 11.7 Å². The lowest BCUT2D eigenvalue weighted by Gasteiger charge is -2.16. The highest BCUT2D eigenvalue weighted by molar-refractivity contribution is 9.10. The SMILES string of the molecule is CNC(CSCC(C)C)Cc1ccc(F)c(Br)c1. The van der Waals surface area contributed by atoms with E-state index in [0.29, 0.717) is 10.5 Å². The third-order valence-corrected chi connectivity index (χ3v) is 4.79. The monoisotopic (exact) mass is 333 g/mol. The molecule has 0 aliphatic carbocycles. The van der Waals surface area contributed by atoms with Gasteiger partial charge in [0.25, 0.3) is 0 Å². The molecule has 0 amide bonds. The molecule has 1 unspecified atom stereocenters. The van der Waals surface area contributed by atoms with Gasteiger partial charge in [0.05, 0.1) is 4.47 Å². The molecule has 18 heavy (non-hydrogen) atoms. The molecule has 0 bridgehead atoms. The molecule has 0 saturated heterocycles. The van der Waals surface area contributed by atoms with Gasteiger partial charge in [-0.15, -0.1) is 0 Å². The third kappa shape index (κ3) is 5.72. The minimum Gasteiger partial charge on any atom is -0.316 e. The van der Waals surface area contributed by atoms with Crippen molar-refractivity contribution in [2.75, 3.05) is 18.6 Å². The number of likely N-dealkylation sites (N-methyl/N-ethyl adjacent to an activating group) is 1. The van der Waals surface area contributed by atoms with E-state index in [-0.39, 0.29) is 5.82 Å². The Hall–Kier alpha value is -0.0600. The summed E-state index contributed by atoms with van der Waals surface area (Å²) in [5.41, 5.74) is 1.16. The first-order valence-electron chi connectivity index (χ1n) is 6.22. The Kier molecular flexibility index (Phi) is 7.27. The quantitative estimate of drug-likeness (QED) is 0.805. The van der Waals surface area contributed by atoms with Crippen LogP contribution in [0.4, 0.5) is 4.39 Å². The minimum atomic E-state index is -0.200. The van der Waals surface area contributed by atoms with Gasteiger partial charge in [0.15, 0.2) is 0 Å². The average molecular weight is 334 g/mol. The summed E-state index contributed by atoms with van der Waals surface area (Å²) in [6.45, 7) is 4.47. The first-order valence-corrected chi connectivity index (χ1v) is 8.16. The van der Waals surface area contributed by atoms with Crippen molar-refractivity contribution in [2.45, 2.75) is 26.3 Å². The topological polar surface area (TPSA) is 12.0 Å². The molecule has 1 aromatic carbocycles. The Morgan fingerprint density at radius 1 is 1.33 bits per heavy atom. The average Bonchev–Trinajstić information content (AvgIpc) is 2.32. The van der Waals surface area contributed by atoms with E-state index < -0.39 is 0 Å². The molecule has 0 aliphatic heterocycles. The zero-order valence-electron chi connectivity index (χ0n) is 11.2. The molecule has 1 N–H and O–H groups in total. The predicted molar refractivity (Wildman–Crippen MR) is 82.8 cm³/mol. The van der Waals surface area contributed by atoms with Crippen LogP contribution in [0.25, 0.3) is 0 Å². The largest absolute Gasteiger partial charge is 0.316 e. The molecule has 0 radical (unpaired) electrons. The van der Waals surface area contributed by atoms with Crippen LogP contribution >= 0.6 is 27.7 Å². The number of hydrogen-bond donors (Lipinski definition) is 1. The van der Waals surface area contributed by atoms with Gasteiger partial charge in [-0.1, -0.05) is 19.9 Å². The fourth-order valence-corrected chi connectivity index (χ4v) is 3.24. The smallest absolute Gasteiger partial charge is 0.137 e. The molecule has 0 spiro atoms. The predicted octanol–water partition coefficient (Wildman–Crippen LogP) is 4.11. The fraction of sp³-hybridized carbons (Fsp3) is 0.571. The van der Waals surface area contributed by atoms with E-state index in [1.54, 1.807) is 0 Å². The van der Waals surface area contributed by atoms with Gasteiger partial charge in [-0.3, -0.25) is 0 Å². The fourth-order valence-electron chi connectivity index (χ4n) is 1.64. The summed E-state index contributed by atoms with van der Waals surface area (Å²) >= 11 is 5.20. The van der Waals surface area contributed by atoms with E-state index in [4.69, 9.17) is 0 Å². The Morgan fingerprint density at radius 2 is 2.06 bits per heavy atom. The van der Waals surface area contributed by atoms with Gasteiger partial charge in [0.2, 0.25) is 0 Å². The van der Waals surface area contributed by atoms with Crippen LogP contribution < -0.4 is 5.32 Å². The Bertz CT molecular complexity index is 371. The normalized spacial score (nSPS) is 13.0. The van der Waals surface area contributed by atoms with Crippen molar-refractivity contribution in [2.24, 2.45) is 5.92 Å². The van der Waals surface area contributed by atoms with E-state index >= 15 is 0 Å². The standard InChI is InChI=1S/C14H21BrFNS/c1-10(2)8-18-9-12(17-3)6-11-4-5-14(16)13(15)7-11/h4-5,7,10,12,17H,6,8-9H2,1-3H3. The van der Waals surface area contributed by atoms with Crippen molar-refractivity contribution in [3.05, 3.63) is 34.1 Å². The highest BCUT2D eigenvalue weighted by Crippen LogP contribution is 2.19. The second-order valence-electron chi connectivity index (χ2n) is 4.87. The summed E-state index contributed by atoms with van der Waals surface area (Å²) in [4.78, 5) is 0. The van der Waals surface area contributed by atoms with E-state index in [1.165, 1.54) is 11.8 Å². The van der Waals surface area contributed by atoms with Crippen molar-refractivity contribution in [1.29, 1.82) is 0 Å². The molecular weight excluding hydrogens is 313 g/mol. The minimum absolute atomic E-state index is 0.200. The van der Waals surface area contributed by atoms with Crippen LogP contribution in [-0.2, 0) is 6.42 Å². The maximum absolute atomic E-state index is 13.1. The molecule has 0 saturated carbocycles. The van der Waals surface area contributed by atoms with Gasteiger partial charge >= 0.3 is 0 Å². The van der Waals surface area contributed by atoms with Crippen molar-refractivity contribution in [1.82, 2.24) is 5.32 Å². The van der Waals surface area contributed by atoms with Gasteiger partial charge in [-0.05, 0) is 58.8 Å². The number of hydrogen-bond acceptors (Lipinski definition) is 2.